The summed E-state index contributed by atoms with van der Waals surface area (Å²) in [6.45, 7) is 13.3. The Kier molecular flexibility index (Phi) is 3.60. The van der Waals surface area contributed by atoms with E-state index < -0.39 is 0 Å². The van der Waals surface area contributed by atoms with Gasteiger partial charge in [0.25, 0.3) is 0 Å². The highest BCUT2D eigenvalue weighted by atomic mass is 15.0. The highest BCUT2D eigenvalue weighted by Gasteiger charge is 2.67. The minimum Gasteiger partial charge on any atom is -0.313 e. The van der Waals surface area contributed by atoms with Crippen molar-refractivity contribution >= 4 is 0 Å². The van der Waals surface area contributed by atoms with Crippen LogP contribution in [0.5, 0.6) is 0 Å². The van der Waals surface area contributed by atoms with Crippen molar-refractivity contribution in [2.75, 3.05) is 6.54 Å². The summed E-state index contributed by atoms with van der Waals surface area (Å²) in [5.41, 5.74) is 1.06. The van der Waals surface area contributed by atoms with Crippen molar-refractivity contribution < 1.29 is 0 Å². The van der Waals surface area contributed by atoms with Crippen LogP contribution in [0.3, 0.4) is 0 Å². The van der Waals surface area contributed by atoms with Crippen molar-refractivity contribution in [2.24, 2.45) is 22.7 Å². The molecular formula is C16H31N. The van der Waals surface area contributed by atoms with Gasteiger partial charge < -0.3 is 5.32 Å². The molecule has 0 saturated heterocycles. The SMILES string of the molecule is CCCNC(C1CCCC1)C1C(C)(C)C1(C)C. The predicted molar refractivity (Wildman–Crippen MR) is 75.1 cm³/mol. The van der Waals surface area contributed by atoms with Gasteiger partial charge in [0, 0.05) is 6.04 Å². The fourth-order valence-corrected chi connectivity index (χ4v) is 4.33. The summed E-state index contributed by atoms with van der Waals surface area (Å²) < 4.78 is 0. The van der Waals surface area contributed by atoms with E-state index in [4.69, 9.17) is 0 Å². The Morgan fingerprint density at radius 3 is 2.00 bits per heavy atom. The Labute approximate surface area is 108 Å². The quantitative estimate of drug-likeness (QED) is 0.754. The van der Waals surface area contributed by atoms with Gasteiger partial charge in [0.1, 0.15) is 0 Å². The molecule has 2 rings (SSSR count). The zero-order chi connectivity index (χ0) is 12.7. The van der Waals surface area contributed by atoms with Gasteiger partial charge in [-0.25, -0.2) is 0 Å². The van der Waals surface area contributed by atoms with Crippen LogP contribution in [-0.4, -0.2) is 12.6 Å². The van der Waals surface area contributed by atoms with E-state index in [1.54, 1.807) is 0 Å². The van der Waals surface area contributed by atoms with Crippen molar-refractivity contribution in [3.63, 3.8) is 0 Å². The Morgan fingerprint density at radius 2 is 1.59 bits per heavy atom. The molecule has 0 amide bonds. The highest BCUT2D eigenvalue weighted by molar-refractivity contribution is 5.17. The van der Waals surface area contributed by atoms with Crippen molar-refractivity contribution in [2.45, 2.75) is 72.8 Å². The third-order valence-corrected chi connectivity index (χ3v) is 6.03. The second kappa shape index (κ2) is 4.57. The van der Waals surface area contributed by atoms with E-state index in [0.29, 0.717) is 10.8 Å². The molecule has 0 aromatic heterocycles. The fraction of sp³-hybridized carbons (Fsp3) is 1.00. The standard InChI is InChI=1S/C16H31N/c1-6-11-17-13(12-9-7-8-10-12)14-15(2,3)16(14,4)5/h12-14,17H,6-11H2,1-5H3. The zero-order valence-corrected chi connectivity index (χ0v) is 12.5. The smallest absolute Gasteiger partial charge is 0.0134 e. The molecule has 1 atom stereocenters. The third-order valence-electron chi connectivity index (χ3n) is 6.03. The van der Waals surface area contributed by atoms with Crippen LogP contribution >= 0.6 is 0 Å². The van der Waals surface area contributed by atoms with Crippen molar-refractivity contribution in [1.82, 2.24) is 5.32 Å². The molecule has 2 fully saturated rings. The van der Waals surface area contributed by atoms with Crippen LogP contribution in [0.4, 0.5) is 0 Å². The van der Waals surface area contributed by atoms with Gasteiger partial charge in [-0.15, -0.1) is 0 Å². The van der Waals surface area contributed by atoms with Gasteiger partial charge in [-0.3, -0.25) is 0 Å². The van der Waals surface area contributed by atoms with Crippen LogP contribution in [0.2, 0.25) is 0 Å². The van der Waals surface area contributed by atoms with E-state index >= 15 is 0 Å². The maximum absolute atomic E-state index is 3.88. The average Bonchev–Trinajstić information content (AvgIpc) is 2.66. The largest absolute Gasteiger partial charge is 0.313 e. The summed E-state index contributed by atoms with van der Waals surface area (Å²) in [6.07, 6.45) is 7.11. The molecule has 2 aliphatic carbocycles. The lowest BCUT2D eigenvalue weighted by Gasteiger charge is -2.27. The first kappa shape index (κ1) is 13.4. The van der Waals surface area contributed by atoms with E-state index in [0.717, 1.165) is 17.9 Å². The summed E-state index contributed by atoms with van der Waals surface area (Å²) >= 11 is 0. The van der Waals surface area contributed by atoms with Gasteiger partial charge in [-0.2, -0.15) is 0 Å². The van der Waals surface area contributed by atoms with Gasteiger partial charge in [0.15, 0.2) is 0 Å². The van der Waals surface area contributed by atoms with Crippen molar-refractivity contribution in [3.05, 3.63) is 0 Å². The molecule has 100 valence electrons. The molecule has 0 spiro atoms. The molecule has 0 heterocycles. The lowest BCUT2D eigenvalue weighted by atomic mass is 9.89. The van der Waals surface area contributed by atoms with Gasteiger partial charge in [-0.05, 0) is 48.5 Å². The second-order valence-electron chi connectivity index (χ2n) is 7.45. The Hall–Kier alpha value is -0.0400. The third kappa shape index (κ3) is 2.16. The summed E-state index contributed by atoms with van der Waals surface area (Å²) in [4.78, 5) is 0. The molecule has 0 aliphatic heterocycles. The van der Waals surface area contributed by atoms with Crippen LogP contribution in [0, 0.1) is 22.7 Å². The van der Waals surface area contributed by atoms with Gasteiger partial charge >= 0.3 is 0 Å². The molecule has 0 aromatic carbocycles. The summed E-state index contributed by atoms with van der Waals surface area (Å²) in [5, 5.41) is 3.88. The second-order valence-corrected chi connectivity index (χ2v) is 7.45. The zero-order valence-electron chi connectivity index (χ0n) is 12.5. The molecule has 0 bridgehead atoms. The first-order valence-electron chi connectivity index (χ1n) is 7.66. The molecule has 0 aromatic rings. The summed E-state index contributed by atoms with van der Waals surface area (Å²) in [5.74, 6) is 1.83. The number of hydrogen-bond acceptors (Lipinski definition) is 1. The minimum absolute atomic E-state index is 0.529. The molecule has 1 heteroatoms. The number of nitrogens with one attached hydrogen (secondary N) is 1. The lowest BCUT2D eigenvalue weighted by Crippen LogP contribution is -2.39. The maximum Gasteiger partial charge on any atom is 0.0134 e. The summed E-state index contributed by atoms with van der Waals surface area (Å²) in [7, 11) is 0. The molecule has 2 aliphatic rings. The van der Waals surface area contributed by atoms with E-state index in [1.807, 2.05) is 0 Å². The van der Waals surface area contributed by atoms with Gasteiger partial charge in [0.05, 0.1) is 0 Å². The first-order valence-corrected chi connectivity index (χ1v) is 7.66. The van der Waals surface area contributed by atoms with Crippen LogP contribution in [0.25, 0.3) is 0 Å². The van der Waals surface area contributed by atoms with E-state index in [9.17, 15) is 0 Å². The van der Waals surface area contributed by atoms with Crippen LogP contribution in [-0.2, 0) is 0 Å². The van der Waals surface area contributed by atoms with Gasteiger partial charge in [0.2, 0.25) is 0 Å². The van der Waals surface area contributed by atoms with Crippen molar-refractivity contribution in [1.29, 1.82) is 0 Å². The van der Waals surface area contributed by atoms with E-state index in [-0.39, 0.29) is 0 Å². The topological polar surface area (TPSA) is 12.0 Å². The molecule has 1 nitrogen and oxygen atoms in total. The fourth-order valence-electron chi connectivity index (χ4n) is 4.33. The normalized spacial score (nSPS) is 29.5. The number of hydrogen-bond donors (Lipinski definition) is 1. The molecular weight excluding hydrogens is 206 g/mol. The summed E-state index contributed by atoms with van der Waals surface area (Å²) in [6, 6.07) is 0.780. The maximum atomic E-state index is 3.88. The van der Waals surface area contributed by atoms with E-state index in [2.05, 4.69) is 39.9 Å². The minimum atomic E-state index is 0.529. The Morgan fingerprint density at radius 1 is 1.06 bits per heavy atom. The molecule has 2 saturated carbocycles. The number of rotatable bonds is 5. The van der Waals surface area contributed by atoms with Gasteiger partial charge in [-0.1, -0.05) is 47.5 Å². The molecule has 1 unspecified atom stereocenters. The average molecular weight is 237 g/mol. The van der Waals surface area contributed by atoms with Crippen molar-refractivity contribution in [3.8, 4) is 0 Å². The molecule has 1 N–H and O–H groups in total. The first-order chi connectivity index (χ1) is 7.93. The van der Waals surface area contributed by atoms with E-state index in [1.165, 1.54) is 38.6 Å². The Bertz CT molecular complexity index is 247. The monoisotopic (exact) mass is 237 g/mol. The Balaban J connectivity index is 2.06. The molecule has 17 heavy (non-hydrogen) atoms. The molecule has 0 radical (unpaired) electrons. The lowest BCUT2D eigenvalue weighted by molar-refractivity contribution is 0.288. The highest BCUT2D eigenvalue weighted by Crippen LogP contribution is 2.70. The van der Waals surface area contributed by atoms with Crippen LogP contribution in [0.1, 0.15) is 66.7 Å². The predicted octanol–water partition coefficient (Wildman–Crippen LogP) is 4.23. The van der Waals surface area contributed by atoms with Crippen LogP contribution < -0.4 is 5.32 Å². The van der Waals surface area contributed by atoms with Crippen LogP contribution in [0.15, 0.2) is 0 Å².